The minimum atomic E-state index is -0.245. The molecule has 1 heterocycles. The summed E-state index contributed by atoms with van der Waals surface area (Å²) in [6, 6.07) is 6.16. The number of hydrogen-bond acceptors (Lipinski definition) is 2. The van der Waals surface area contributed by atoms with E-state index in [1.807, 2.05) is 11.7 Å². The molecule has 0 saturated carbocycles. The summed E-state index contributed by atoms with van der Waals surface area (Å²) >= 11 is 3.58. The molecule has 19 heavy (non-hydrogen) atoms. The van der Waals surface area contributed by atoms with Crippen molar-refractivity contribution in [2.45, 2.75) is 25.8 Å². The molecule has 0 aliphatic rings. The molecular formula is C14H17BrFN3. The van der Waals surface area contributed by atoms with Gasteiger partial charge in [0.2, 0.25) is 0 Å². The highest BCUT2D eigenvalue weighted by Gasteiger charge is 2.16. The fourth-order valence-corrected chi connectivity index (χ4v) is 2.86. The fraction of sp³-hybridized carbons (Fsp3) is 0.357. The fourth-order valence-electron chi connectivity index (χ4n) is 2.08. The van der Waals surface area contributed by atoms with Gasteiger partial charge in [-0.25, -0.2) is 4.39 Å². The van der Waals surface area contributed by atoms with Crippen LogP contribution in [0.4, 0.5) is 4.39 Å². The lowest BCUT2D eigenvalue weighted by Gasteiger charge is -2.12. The number of hydrogen-bond donors (Lipinski definition) is 1. The van der Waals surface area contributed by atoms with E-state index in [-0.39, 0.29) is 11.9 Å². The maximum absolute atomic E-state index is 12.9. The van der Waals surface area contributed by atoms with E-state index in [0.29, 0.717) is 6.42 Å². The Morgan fingerprint density at radius 2 is 2.00 bits per heavy atom. The summed E-state index contributed by atoms with van der Waals surface area (Å²) in [5.41, 5.74) is 9.20. The van der Waals surface area contributed by atoms with Gasteiger partial charge in [0.15, 0.2) is 0 Å². The number of benzene rings is 1. The molecule has 0 bridgehead atoms. The Morgan fingerprint density at radius 1 is 1.37 bits per heavy atom. The Morgan fingerprint density at radius 3 is 2.53 bits per heavy atom. The van der Waals surface area contributed by atoms with Gasteiger partial charge in [0.1, 0.15) is 5.82 Å². The Labute approximate surface area is 120 Å². The number of halogens is 2. The number of aromatic nitrogens is 2. The molecule has 0 radical (unpaired) electrons. The van der Waals surface area contributed by atoms with Gasteiger partial charge in [0, 0.05) is 19.5 Å². The molecule has 3 nitrogen and oxygen atoms in total. The van der Waals surface area contributed by atoms with Crippen molar-refractivity contribution in [2.24, 2.45) is 12.8 Å². The smallest absolute Gasteiger partial charge is 0.123 e. The van der Waals surface area contributed by atoms with E-state index in [9.17, 15) is 4.39 Å². The van der Waals surface area contributed by atoms with Crippen molar-refractivity contribution in [2.75, 3.05) is 0 Å². The van der Waals surface area contributed by atoms with Gasteiger partial charge < -0.3 is 5.73 Å². The molecule has 2 rings (SSSR count). The van der Waals surface area contributed by atoms with Crippen molar-refractivity contribution in [3.8, 4) is 0 Å². The standard InChI is InChI=1S/C14H17BrFN3/c1-3-12-14(15)13(19(2)18-12)8-11(17)9-4-6-10(16)7-5-9/h4-7,11H,3,8,17H2,1-2H3. The molecule has 1 aromatic heterocycles. The van der Waals surface area contributed by atoms with Crippen LogP contribution in [-0.4, -0.2) is 9.78 Å². The molecule has 1 atom stereocenters. The van der Waals surface area contributed by atoms with Gasteiger partial charge in [-0.3, -0.25) is 4.68 Å². The largest absolute Gasteiger partial charge is 0.324 e. The summed E-state index contributed by atoms with van der Waals surface area (Å²) in [6.07, 6.45) is 1.54. The number of aryl methyl sites for hydroxylation is 2. The maximum Gasteiger partial charge on any atom is 0.123 e. The molecule has 5 heteroatoms. The lowest BCUT2D eigenvalue weighted by atomic mass is 10.0. The highest BCUT2D eigenvalue weighted by molar-refractivity contribution is 9.10. The van der Waals surface area contributed by atoms with Crippen LogP contribution in [0.1, 0.15) is 29.9 Å². The second-order valence-corrected chi connectivity index (χ2v) is 5.34. The molecule has 2 N–H and O–H groups in total. The lowest BCUT2D eigenvalue weighted by Crippen LogP contribution is -2.15. The molecule has 0 spiro atoms. The summed E-state index contributed by atoms with van der Waals surface area (Å²) < 4.78 is 15.8. The Bertz CT molecular complexity index is 563. The van der Waals surface area contributed by atoms with Crippen LogP contribution >= 0.6 is 15.9 Å². The van der Waals surface area contributed by atoms with Gasteiger partial charge in [-0.1, -0.05) is 19.1 Å². The normalized spacial score (nSPS) is 12.7. The monoisotopic (exact) mass is 325 g/mol. The van der Waals surface area contributed by atoms with E-state index in [1.54, 1.807) is 12.1 Å². The first-order chi connectivity index (χ1) is 9.02. The summed E-state index contributed by atoms with van der Waals surface area (Å²) in [7, 11) is 1.91. The second kappa shape index (κ2) is 5.84. The molecule has 0 aliphatic carbocycles. The quantitative estimate of drug-likeness (QED) is 0.938. The highest BCUT2D eigenvalue weighted by atomic mass is 79.9. The molecule has 102 valence electrons. The molecular weight excluding hydrogens is 309 g/mol. The van der Waals surface area contributed by atoms with E-state index in [2.05, 4.69) is 28.0 Å². The summed E-state index contributed by atoms with van der Waals surface area (Å²) in [4.78, 5) is 0. The van der Waals surface area contributed by atoms with Crippen LogP contribution in [0, 0.1) is 5.82 Å². The lowest BCUT2D eigenvalue weighted by molar-refractivity contribution is 0.618. The van der Waals surface area contributed by atoms with E-state index < -0.39 is 0 Å². The first-order valence-electron chi connectivity index (χ1n) is 6.24. The summed E-state index contributed by atoms with van der Waals surface area (Å²) in [6.45, 7) is 2.07. The van der Waals surface area contributed by atoms with Gasteiger partial charge in [0.05, 0.1) is 15.9 Å². The predicted molar refractivity (Wildman–Crippen MR) is 77.3 cm³/mol. The van der Waals surface area contributed by atoms with Crippen molar-refractivity contribution in [3.63, 3.8) is 0 Å². The van der Waals surface area contributed by atoms with Crippen LogP contribution in [0.2, 0.25) is 0 Å². The maximum atomic E-state index is 12.9. The molecule has 2 aromatic rings. The highest BCUT2D eigenvalue weighted by Crippen LogP contribution is 2.25. The van der Waals surface area contributed by atoms with Crippen molar-refractivity contribution < 1.29 is 4.39 Å². The Hall–Kier alpha value is -1.20. The van der Waals surface area contributed by atoms with Crippen LogP contribution in [0.15, 0.2) is 28.7 Å². The van der Waals surface area contributed by atoms with E-state index in [1.165, 1.54) is 12.1 Å². The van der Waals surface area contributed by atoms with E-state index in [0.717, 1.165) is 27.8 Å². The van der Waals surface area contributed by atoms with Crippen molar-refractivity contribution in [1.82, 2.24) is 9.78 Å². The molecule has 1 aromatic carbocycles. The number of nitrogens with two attached hydrogens (primary N) is 1. The van der Waals surface area contributed by atoms with E-state index in [4.69, 9.17) is 5.73 Å². The minimum absolute atomic E-state index is 0.169. The van der Waals surface area contributed by atoms with Gasteiger partial charge in [-0.15, -0.1) is 0 Å². The first-order valence-corrected chi connectivity index (χ1v) is 7.03. The number of rotatable bonds is 4. The zero-order valence-electron chi connectivity index (χ0n) is 11.0. The van der Waals surface area contributed by atoms with Gasteiger partial charge >= 0.3 is 0 Å². The van der Waals surface area contributed by atoms with Gasteiger partial charge in [0.25, 0.3) is 0 Å². The Kier molecular flexibility index (Phi) is 4.37. The van der Waals surface area contributed by atoms with Crippen LogP contribution in [-0.2, 0) is 19.9 Å². The minimum Gasteiger partial charge on any atom is -0.324 e. The zero-order valence-corrected chi connectivity index (χ0v) is 12.6. The van der Waals surface area contributed by atoms with Gasteiger partial charge in [-0.05, 0) is 40.0 Å². The van der Waals surface area contributed by atoms with Crippen molar-refractivity contribution >= 4 is 15.9 Å². The van der Waals surface area contributed by atoms with Crippen LogP contribution in [0.5, 0.6) is 0 Å². The third kappa shape index (κ3) is 3.04. The average molecular weight is 326 g/mol. The van der Waals surface area contributed by atoms with Crippen LogP contribution in [0.25, 0.3) is 0 Å². The molecule has 0 fully saturated rings. The van der Waals surface area contributed by atoms with E-state index >= 15 is 0 Å². The van der Waals surface area contributed by atoms with Crippen molar-refractivity contribution in [1.29, 1.82) is 0 Å². The zero-order chi connectivity index (χ0) is 14.0. The topological polar surface area (TPSA) is 43.8 Å². The SMILES string of the molecule is CCc1nn(C)c(CC(N)c2ccc(F)cc2)c1Br. The third-order valence-electron chi connectivity index (χ3n) is 3.21. The van der Waals surface area contributed by atoms with Gasteiger partial charge in [-0.2, -0.15) is 5.10 Å². The first kappa shape index (κ1) is 14.2. The van der Waals surface area contributed by atoms with Crippen molar-refractivity contribution in [3.05, 3.63) is 51.5 Å². The predicted octanol–water partition coefficient (Wildman–Crippen LogP) is 3.13. The molecule has 0 aliphatic heterocycles. The summed E-state index contributed by atoms with van der Waals surface area (Å²) in [5, 5.41) is 4.44. The average Bonchev–Trinajstić information content (AvgIpc) is 2.67. The summed E-state index contributed by atoms with van der Waals surface area (Å²) in [5.74, 6) is -0.245. The van der Waals surface area contributed by atoms with Crippen LogP contribution < -0.4 is 5.73 Å². The Balaban J connectivity index is 2.21. The van der Waals surface area contributed by atoms with Crippen LogP contribution in [0.3, 0.4) is 0 Å². The number of nitrogens with zero attached hydrogens (tertiary/aromatic N) is 2. The third-order valence-corrected chi connectivity index (χ3v) is 4.13. The molecule has 0 amide bonds. The molecule has 1 unspecified atom stereocenters. The second-order valence-electron chi connectivity index (χ2n) is 4.55. The molecule has 0 saturated heterocycles.